The Hall–Kier alpha value is -3.75. The van der Waals surface area contributed by atoms with Gasteiger partial charge in [0.15, 0.2) is 0 Å². The molecule has 184 valence electrons. The van der Waals surface area contributed by atoms with Crippen molar-refractivity contribution in [2.45, 2.75) is 32.6 Å². The van der Waals surface area contributed by atoms with E-state index in [1.54, 1.807) is 34.1 Å². The van der Waals surface area contributed by atoms with Gasteiger partial charge in [-0.05, 0) is 61.9 Å². The maximum absolute atomic E-state index is 13.9. The highest BCUT2D eigenvalue weighted by Crippen LogP contribution is 2.28. The second-order valence-corrected chi connectivity index (χ2v) is 9.03. The second-order valence-electron chi connectivity index (χ2n) is 9.03. The molecule has 2 aromatic carbocycles. The average Bonchev–Trinajstić information content (AvgIpc) is 3.29. The average molecular weight is 481 g/mol. The topological polar surface area (TPSA) is 98.8 Å². The van der Waals surface area contributed by atoms with Gasteiger partial charge in [-0.3, -0.25) is 19.2 Å². The minimum absolute atomic E-state index is 0.0518. The lowest BCUT2D eigenvalue weighted by Gasteiger charge is -2.32. The van der Waals surface area contributed by atoms with E-state index in [2.05, 4.69) is 10.6 Å². The lowest BCUT2D eigenvalue weighted by Crippen LogP contribution is -2.43. The molecule has 8 nitrogen and oxygen atoms in total. The normalized spacial score (nSPS) is 16.3. The van der Waals surface area contributed by atoms with E-state index in [9.17, 15) is 23.6 Å². The van der Waals surface area contributed by atoms with Crippen molar-refractivity contribution in [1.82, 2.24) is 10.2 Å². The molecule has 0 radical (unpaired) electrons. The first-order valence-electron chi connectivity index (χ1n) is 11.9. The maximum atomic E-state index is 13.9. The standard InChI is InChI=1S/C26H29FN4O4/c1-17-8-9-19(15-22(17)31-12-4-7-23(31)32)29-25(34)24(33)28-16-18-10-13-30(14-11-18)26(35)20-5-2-3-6-21(20)27/h2-3,5-6,8-9,15,18H,4,7,10-14,16H2,1H3,(H,28,33)(H,29,34). The molecule has 2 saturated heterocycles. The van der Waals surface area contributed by atoms with E-state index in [0.29, 0.717) is 51.1 Å². The molecule has 2 aliphatic heterocycles. The predicted octanol–water partition coefficient (Wildman–Crippen LogP) is 2.87. The first-order chi connectivity index (χ1) is 16.8. The van der Waals surface area contributed by atoms with Crippen molar-refractivity contribution in [1.29, 1.82) is 0 Å². The molecule has 0 unspecified atom stereocenters. The van der Waals surface area contributed by atoms with Gasteiger partial charge in [0.1, 0.15) is 5.82 Å². The van der Waals surface area contributed by atoms with E-state index in [1.165, 1.54) is 12.1 Å². The number of halogens is 1. The van der Waals surface area contributed by atoms with Gasteiger partial charge in [-0.1, -0.05) is 18.2 Å². The Morgan fingerprint density at radius 2 is 1.77 bits per heavy atom. The Balaban J connectivity index is 1.25. The number of piperidine rings is 1. The Morgan fingerprint density at radius 3 is 2.46 bits per heavy atom. The quantitative estimate of drug-likeness (QED) is 0.643. The van der Waals surface area contributed by atoms with Crippen molar-refractivity contribution in [2.75, 3.05) is 36.4 Å². The third kappa shape index (κ3) is 5.67. The zero-order chi connectivity index (χ0) is 24.9. The van der Waals surface area contributed by atoms with Gasteiger partial charge in [-0.2, -0.15) is 0 Å². The molecule has 2 aromatic rings. The van der Waals surface area contributed by atoms with Crippen molar-refractivity contribution in [3.05, 3.63) is 59.4 Å². The smallest absolute Gasteiger partial charge is 0.313 e. The molecular weight excluding hydrogens is 451 g/mol. The fraction of sp³-hybridized carbons (Fsp3) is 0.385. The second kappa shape index (κ2) is 10.7. The summed E-state index contributed by atoms with van der Waals surface area (Å²) in [5, 5.41) is 5.27. The van der Waals surface area contributed by atoms with Crippen LogP contribution in [0.1, 0.15) is 41.6 Å². The number of carbonyl (C=O) groups excluding carboxylic acids is 4. The van der Waals surface area contributed by atoms with Gasteiger partial charge >= 0.3 is 11.8 Å². The van der Waals surface area contributed by atoms with E-state index in [1.807, 2.05) is 13.0 Å². The number of amides is 4. The van der Waals surface area contributed by atoms with Gasteiger partial charge in [-0.25, -0.2) is 4.39 Å². The Morgan fingerprint density at radius 1 is 1.03 bits per heavy atom. The minimum atomic E-state index is -0.778. The van der Waals surface area contributed by atoms with Crippen LogP contribution in [-0.2, 0) is 14.4 Å². The summed E-state index contributed by atoms with van der Waals surface area (Å²) in [5.74, 6) is -2.22. The van der Waals surface area contributed by atoms with Crippen molar-refractivity contribution < 1.29 is 23.6 Å². The first-order valence-corrected chi connectivity index (χ1v) is 11.9. The molecule has 2 fully saturated rings. The molecule has 0 aromatic heterocycles. The highest BCUT2D eigenvalue weighted by Gasteiger charge is 2.27. The molecule has 0 bridgehead atoms. The summed E-state index contributed by atoms with van der Waals surface area (Å²) in [6, 6.07) is 11.1. The van der Waals surface area contributed by atoms with Gasteiger partial charge in [0.05, 0.1) is 5.56 Å². The molecule has 2 heterocycles. The van der Waals surface area contributed by atoms with Crippen LogP contribution in [-0.4, -0.2) is 54.7 Å². The molecule has 0 spiro atoms. The van der Waals surface area contributed by atoms with Gasteiger partial charge in [-0.15, -0.1) is 0 Å². The van der Waals surface area contributed by atoms with Crippen molar-refractivity contribution in [2.24, 2.45) is 5.92 Å². The molecule has 9 heteroatoms. The zero-order valence-corrected chi connectivity index (χ0v) is 19.7. The van der Waals surface area contributed by atoms with E-state index >= 15 is 0 Å². The van der Waals surface area contributed by atoms with E-state index in [4.69, 9.17) is 0 Å². The lowest BCUT2D eigenvalue weighted by atomic mass is 9.96. The number of rotatable bonds is 5. The van der Waals surface area contributed by atoms with Crippen LogP contribution >= 0.6 is 0 Å². The maximum Gasteiger partial charge on any atom is 0.313 e. The molecule has 0 aliphatic carbocycles. The zero-order valence-electron chi connectivity index (χ0n) is 19.7. The fourth-order valence-electron chi connectivity index (χ4n) is 4.53. The summed E-state index contributed by atoms with van der Waals surface area (Å²) in [6.45, 7) is 3.77. The molecule has 2 N–H and O–H groups in total. The van der Waals surface area contributed by atoms with Crippen molar-refractivity contribution >= 4 is 35.0 Å². The molecule has 2 aliphatic rings. The molecule has 0 atom stereocenters. The van der Waals surface area contributed by atoms with Crippen LogP contribution in [0.15, 0.2) is 42.5 Å². The lowest BCUT2D eigenvalue weighted by molar-refractivity contribution is -0.136. The van der Waals surface area contributed by atoms with Crippen LogP contribution in [0.2, 0.25) is 0 Å². The summed E-state index contributed by atoms with van der Waals surface area (Å²) in [7, 11) is 0. The van der Waals surface area contributed by atoms with Gasteiger partial charge in [0.2, 0.25) is 5.91 Å². The van der Waals surface area contributed by atoms with Crippen LogP contribution in [0.5, 0.6) is 0 Å². The number of benzene rings is 2. The van der Waals surface area contributed by atoms with Gasteiger partial charge < -0.3 is 20.4 Å². The summed E-state index contributed by atoms with van der Waals surface area (Å²) < 4.78 is 13.9. The Bertz CT molecular complexity index is 1140. The largest absolute Gasteiger partial charge is 0.348 e. The number of anilines is 2. The van der Waals surface area contributed by atoms with E-state index in [0.717, 1.165) is 17.7 Å². The van der Waals surface area contributed by atoms with Crippen LogP contribution in [0.25, 0.3) is 0 Å². The third-order valence-electron chi connectivity index (χ3n) is 6.59. The van der Waals surface area contributed by atoms with Gasteiger partial charge in [0, 0.05) is 44.0 Å². The molecular formula is C26H29FN4O4. The van der Waals surface area contributed by atoms with E-state index < -0.39 is 17.6 Å². The molecule has 4 amide bonds. The summed E-state index contributed by atoms with van der Waals surface area (Å²) in [6.07, 6.45) is 2.60. The minimum Gasteiger partial charge on any atom is -0.348 e. The van der Waals surface area contributed by atoms with Gasteiger partial charge in [0.25, 0.3) is 5.91 Å². The Kier molecular flexibility index (Phi) is 7.43. The first kappa shape index (κ1) is 24.4. The summed E-state index contributed by atoms with van der Waals surface area (Å²) in [5.41, 5.74) is 2.17. The fourth-order valence-corrected chi connectivity index (χ4v) is 4.53. The number of hydrogen-bond acceptors (Lipinski definition) is 4. The van der Waals surface area contributed by atoms with Crippen LogP contribution in [0.4, 0.5) is 15.8 Å². The molecule has 35 heavy (non-hydrogen) atoms. The summed E-state index contributed by atoms with van der Waals surface area (Å²) in [4.78, 5) is 52.7. The molecule has 0 saturated carbocycles. The number of hydrogen-bond donors (Lipinski definition) is 2. The third-order valence-corrected chi connectivity index (χ3v) is 6.59. The Labute approximate surface area is 203 Å². The molecule has 4 rings (SSSR count). The van der Waals surface area contributed by atoms with Crippen LogP contribution in [0.3, 0.4) is 0 Å². The van der Waals surface area contributed by atoms with Crippen LogP contribution in [0, 0.1) is 18.7 Å². The van der Waals surface area contributed by atoms with E-state index in [-0.39, 0.29) is 23.3 Å². The summed E-state index contributed by atoms with van der Waals surface area (Å²) >= 11 is 0. The number of aryl methyl sites for hydroxylation is 1. The number of nitrogens with one attached hydrogen (secondary N) is 2. The number of nitrogens with zero attached hydrogens (tertiary/aromatic N) is 2. The monoisotopic (exact) mass is 480 g/mol. The SMILES string of the molecule is Cc1ccc(NC(=O)C(=O)NCC2CCN(C(=O)c3ccccc3F)CC2)cc1N1CCCC1=O. The highest BCUT2D eigenvalue weighted by atomic mass is 19.1. The number of likely N-dealkylation sites (tertiary alicyclic amines) is 1. The number of carbonyl (C=O) groups is 4. The van der Waals surface area contributed by atoms with Crippen LogP contribution < -0.4 is 15.5 Å². The predicted molar refractivity (Wildman–Crippen MR) is 129 cm³/mol. The van der Waals surface area contributed by atoms with Crippen molar-refractivity contribution in [3.8, 4) is 0 Å². The highest BCUT2D eigenvalue weighted by molar-refractivity contribution is 6.39. The van der Waals surface area contributed by atoms with Crippen molar-refractivity contribution in [3.63, 3.8) is 0 Å².